The Morgan fingerprint density at radius 3 is 2.61 bits per heavy atom. The number of likely N-dealkylation sites (tertiary alicyclic amines) is 1. The summed E-state index contributed by atoms with van der Waals surface area (Å²) < 4.78 is 1.94. The molecule has 5 heteroatoms. The largest absolute Gasteiger partial charge is 0.389 e. The molecule has 0 radical (unpaired) electrons. The topological polar surface area (TPSA) is 44.5 Å². The molecule has 0 saturated carbocycles. The molecular weight excluding hydrogens is 288 g/mol. The summed E-state index contributed by atoms with van der Waals surface area (Å²) in [6, 6.07) is 12.3. The molecule has 1 aliphatic heterocycles. The molecule has 0 unspecified atom stereocenters. The van der Waals surface area contributed by atoms with E-state index in [2.05, 4.69) is 53.3 Å². The molecular formula is C18H26N4O. The van der Waals surface area contributed by atoms with Crippen LogP contribution in [0.5, 0.6) is 0 Å². The van der Waals surface area contributed by atoms with Crippen LogP contribution >= 0.6 is 0 Å². The van der Waals surface area contributed by atoms with Gasteiger partial charge in [0.25, 0.3) is 0 Å². The third-order valence-electron chi connectivity index (χ3n) is 5.07. The number of hydrogen-bond donors (Lipinski definition) is 1. The molecule has 1 saturated heterocycles. The second-order valence-electron chi connectivity index (χ2n) is 6.52. The Morgan fingerprint density at radius 1 is 1.22 bits per heavy atom. The Balaban J connectivity index is 1.71. The first-order chi connectivity index (χ1) is 11.1. The van der Waals surface area contributed by atoms with E-state index in [4.69, 9.17) is 0 Å². The maximum absolute atomic E-state index is 11.0. The molecule has 1 aliphatic rings. The van der Waals surface area contributed by atoms with Crippen molar-refractivity contribution in [2.45, 2.75) is 24.6 Å². The molecule has 0 bridgehead atoms. The van der Waals surface area contributed by atoms with Gasteiger partial charge in [-0.3, -0.25) is 14.5 Å². The Morgan fingerprint density at radius 2 is 2.00 bits per heavy atom. The van der Waals surface area contributed by atoms with Crippen molar-refractivity contribution >= 4 is 0 Å². The minimum atomic E-state index is -0.411. The third-order valence-corrected chi connectivity index (χ3v) is 5.07. The quantitative estimate of drug-likeness (QED) is 0.906. The van der Waals surface area contributed by atoms with Crippen LogP contribution in [0.1, 0.15) is 12.0 Å². The van der Waals surface area contributed by atoms with Crippen LogP contribution in [0.15, 0.2) is 48.8 Å². The molecule has 1 aromatic heterocycles. The maximum Gasteiger partial charge on any atom is 0.0892 e. The predicted octanol–water partition coefficient (Wildman–Crippen LogP) is 1.41. The highest BCUT2D eigenvalue weighted by molar-refractivity contribution is 5.27. The monoisotopic (exact) mass is 314 g/mol. The molecule has 0 spiro atoms. The number of aliphatic hydroxyl groups excluding tert-OH is 1. The fraction of sp³-hybridized carbons (Fsp3) is 0.500. The Bertz CT molecular complexity index is 599. The number of β-amino-alcohol motifs (C(OH)–C–C–N with tert-alkyl or cyclic N) is 1. The molecule has 1 aromatic carbocycles. The van der Waals surface area contributed by atoms with Crippen molar-refractivity contribution in [1.29, 1.82) is 0 Å². The van der Waals surface area contributed by atoms with Gasteiger partial charge in [0.15, 0.2) is 0 Å². The molecule has 1 N–H and O–H groups in total. The Hall–Kier alpha value is -1.69. The first kappa shape index (κ1) is 16.2. The average molecular weight is 314 g/mol. The van der Waals surface area contributed by atoms with Gasteiger partial charge in [0.05, 0.1) is 18.2 Å². The standard InChI is InChI=1S/C18H26N4O/c1-20(2)18(16-7-4-3-5-8-16)9-12-21(15-17(18)23)13-14-22-11-6-10-19-22/h3-8,10-11,17,23H,9,12-15H2,1-2H3/t17-,18+/m0/s1. The minimum Gasteiger partial charge on any atom is -0.389 e. The SMILES string of the molecule is CN(C)[C@@]1(c2ccccc2)CCN(CCn2cccn2)C[C@@H]1O. The van der Waals surface area contributed by atoms with Crippen molar-refractivity contribution in [3.63, 3.8) is 0 Å². The predicted molar refractivity (Wildman–Crippen MR) is 91.1 cm³/mol. The number of benzene rings is 1. The van der Waals surface area contributed by atoms with E-state index in [-0.39, 0.29) is 5.54 Å². The van der Waals surface area contributed by atoms with Crippen LogP contribution in [0, 0.1) is 0 Å². The zero-order chi connectivity index (χ0) is 16.3. The second kappa shape index (κ2) is 6.83. The van der Waals surface area contributed by atoms with E-state index in [1.807, 2.05) is 23.0 Å². The number of aliphatic hydroxyl groups is 1. The van der Waals surface area contributed by atoms with Crippen molar-refractivity contribution in [3.05, 3.63) is 54.4 Å². The van der Waals surface area contributed by atoms with Gasteiger partial charge in [-0.2, -0.15) is 5.10 Å². The van der Waals surface area contributed by atoms with Crippen LogP contribution < -0.4 is 0 Å². The molecule has 2 heterocycles. The Kier molecular flexibility index (Phi) is 4.80. The number of nitrogens with zero attached hydrogens (tertiary/aromatic N) is 4. The van der Waals surface area contributed by atoms with Gasteiger partial charge in [0.2, 0.25) is 0 Å². The number of aromatic nitrogens is 2. The van der Waals surface area contributed by atoms with Crippen molar-refractivity contribution < 1.29 is 5.11 Å². The Labute approximate surface area is 138 Å². The summed E-state index contributed by atoms with van der Waals surface area (Å²) in [7, 11) is 4.13. The summed E-state index contributed by atoms with van der Waals surface area (Å²) in [5.41, 5.74) is 0.896. The van der Waals surface area contributed by atoms with E-state index >= 15 is 0 Å². The number of hydrogen-bond acceptors (Lipinski definition) is 4. The molecule has 2 aromatic rings. The summed E-state index contributed by atoms with van der Waals surface area (Å²) in [5, 5.41) is 15.2. The van der Waals surface area contributed by atoms with Crippen molar-refractivity contribution in [3.8, 4) is 0 Å². The van der Waals surface area contributed by atoms with E-state index in [1.54, 1.807) is 6.20 Å². The molecule has 0 amide bonds. The summed E-state index contributed by atoms with van der Waals surface area (Å²) in [6.07, 6.45) is 4.29. The summed E-state index contributed by atoms with van der Waals surface area (Å²) in [5.74, 6) is 0. The van der Waals surface area contributed by atoms with Crippen molar-refractivity contribution in [2.75, 3.05) is 33.7 Å². The van der Waals surface area contributed by atoms with Crippen LogP contribution in [-0.2, 0) is 12.1 Å². The van der Waals surface area contributed by atoms with Gasteiger partial charge in [-0.05, 0) is 32.1 Å². The lowest BCUT2D eigenvalue weighted by Crippen LogP contribution is -2.60. The lowest BCUT2D eigenvalue weighted by molar-refractivity contribution is -0.0689. The average Bonchev–Trinajstić information content (AvgIpc) is 3.07. The highest BCUT2D eigenvalue weighted by atomic mass is 16.3. The zero-order valence-corrected chi connectivity index (χ0v) is 14.0. The lowest BCUT2D eigenvalue weighted by Gasteiger charge is -2.50. The fourth-order valence-electron chi connectivity index (χ4n) is 3.71. The third kappa shape index (κ3) is 3.17. The van der Waals surface area contributed by atoms with E-state index in [0.29, 0.717) is 6.54 Å². The summed E-state index contributed by atoms with van der Waals surface area (Å²) >= 11 is 0. The van der Waals surface area contributed by atoms with Gasteiger partial charge in [-0.25, -0.2) is 0 Å². The van der Waals surface area contributed by atoms with Gasteiger partial charge in [0, 0.05) is 32.0 Å². The van der Waals surface area contributed by atoms with E-state index < -0.39 is 6.10 Å². The molecule has 2 atom stereocenters. The van der Waals surface area contributed by atoms with Crippen LogP contribution in [0.4, 0.5) is 0 Å². The smallest absolute Gasteiger partial charge is 0.0892 e. The van der Waals surface area contributed by atoms with E-state index in [9.17, 15) is 5.11 Å². The van der Waals surface area contributed by atoms with Gasteiger partial charge < -0.3 is 5.11 Å². The van der Waals surface area contributed by atoms with Gasteiger partial charge >= 0.3 is 0 Å². The zero-order valence-electron chi connectivity index (χ0n) is 14.0. The molecule has 3 rings (SSSR count). The molecule has 5 nitrogen and oxygen atoms in total. The van der Waals surface area contributed by atoms with Gasteiger partial charge in [-0.1, -0.05) is 30.3 Å². The van der Waals surface area contributed by atoms with E-state index in [0.717, 1.165) is 26.1 Å². The minimum absolute atomic E-state index is 0.302. The van der Waals surface area contributed by atoms with Crippen LogP contribution in [0.2, 0.25) is 0 Å². The number of piperidine rings is 1. The molecule has 1 fully saturated rings. The highest BCUT2D eigenvalue weighted by Crippen LogP contribution is 2.37. The normalized spacial score (nSPS) is 25.8. The molecule has 0 aliphatic carbocycles. The summed E-state index contributed by atoms with van der Waals surface area (Å²) in [6.45, 7) is 3.44. The van der Waals surface area contributed by atoms with Crippen molar-refractivity contribution in [1.82, 2.24) is 19.6 Å². The first-order valence-corrected chi connectivity index (χ1v) is 8.24. The van der Waals surface area contributed by atoms with E-state index in [1.165, 1.54) is 5.56 Å². The highest BCUT2D eigenvalue weighted by Gasteiger charge is 2.45. The van der Waals surface area contributed by atoms with Crippen molar-refractivity contribution in [2.24, 2.45) is 0 Å². The number of rotatable bonds is 5. The first-order valence-electron chi connectivity index (χ1n) is 8.24. The van der Waals surface area contributed by atoms with Gasteiger partial charge in [-0.15, -0.1) is 0 Å². The lowest BCUT2D eigenvalue weighted by atomic mass is 9.77. The van der Waals surface area contributed by atoms with Crippen LogP contribution in [0.3, 0.4) is 0 Å². The van der Waals surface area contributed by atoms with Crippen LogP contribution in [0.25, 0.3) is 0 Å². The van der Waals surface area contributed by atoms with Gasteiger partial charge in [0.1, 0.15) is 0 Å². The fourth-order valence-corrected chi connectivity index (χ4v) is 3.71. The molecule has 23 heavy (non-hydrogen) atoms. The number of likely N-dealkylation sites (N-methyl/N-ethyl adjacent to an activating group) is 1. The summed E-state index contributed by atoms with van der Waals surface area (Å²) in [4.78, 5) is 4.51. The molecule has 124 valence electrons. The maximum atomic E-state index is 11.0. The second-order valence-corrected chi connectivity index (χ2v) is 6.52. The van der Waals surface area contributed by atoms with Crippen LogP contribution in [-0.4, -0.2) is 64.5 Å².